The smallest absolute Gasteiger partial charge is 0.266 e. The number of amides is 1. The highest BCUT2D eigenvalue weighted by Crippen LogP contribution is 2.35. The van der Waals surface area contributed by atoms with E-state index in [-0.39, 0.29) is 5.57 Å². The zero-order valence-corrected chi connectivity index (χ0v) is 18.0. The van der Waals surface area contributed by atoms with E-state index in [2.05, 4.69) is 21.2 Å². The first-order valence-electron chi connectivity index (χ1n) is 8.99. The van der Waals surface area contributed by atoms with Gasteiger partial charge in [0.2, 0.25) is 0 Å². The molecule has 2 aromatic carbocycles. The Bertz CT molecular complexity index is 946. The molecule has 0 atom stereocenters. The lowest BCUT2D eigenvalue weighted by Crippen LogP contribution is -2.14. The van der Waals surface area contributed by atoms with Crippen LogP contribution in [0.25, 0.3) is 6.08 Å². The SMILES string of the molecule is CCOc1cc(Br)c(/C=C(\C#N)C(=O)Nc2cc(C)ccc2C)cc1OCC. The summed E-state index contributed by atoms with van der Waals surface area (Å²) in [6, 6.07) is 11.3. The molecule has 28 heavy (non-hydrogen) atoms. The number of hydrogen-bond acceptors (Lipinski definition) is 4. The number of carbonyl (C=O) groups is 1. The number of nitriles is 1. The summed E-state index contributed by atoms with van der Waals surface area (Å²) >= 11 is 3.48. The van der Waals surface area contributed by atoms with Gasteiger partial charge in [-0.2, -0.15) is 5.26 Å². The molecule has 0 fully saturated rings. The normalized spacial score (nSPS) is 10.9. The first kappa shape index (κ1) is 21.5. The number of halogens is 1. The Labute approximate surface area is 174 Å². The summed E-state index contributed by atoms with van der Waals surface area (Å²) in [6.07, 6.45) is 1.53. The number of nitrogens with zero attached hydrogens (tertiary/aromatic N) is 1. The third-order valence-electron chi connectivity index (χ3n) is 3.97. The van der Waals surface area contributed by atoms with Crippen molar-refractivity contribution in [3.63, 3.8) is 0 Å². The standard InChI is InChI=1S/C22H23BrN2O3/c1-5-27-20-11-16(18(23)12-21(20)28-6-2)10-17(13-24)22(26)25-19-9-14(3)7-8-15(19)4/h7-12H,5-6H2,1-4H3,(H,25,26)/b17-10+. The molecule has 0 aliphatic heterocycles. The molecule has 1 amide bonds. The zero-order chi connectivity index (χ0) is 20.7. The number of carbonyl (C=O) groups excluding carboxylic acids is 1. The largest absolute Gasteiger partial charge is 0.490 e. The summed E-state index contributed by atoms with van der Waals surface area (Å²) in [5.41, 5.74) is 3.29. The highest BCUT2D eigenvalue weighted by Gasteiger charge is 2.14. The highest BCUT2D eigenvalue weighted by molar-refractivity contribution is 9.10. The molecular formula is C22H23BrN2O3. The van der Waals surface area contributed by atoms with E-state index in [0.29, 0.717) is 40.4 Å². The van der Waals surface area contributed by atoms with Crippen LogP contribution < -0.4 is 14.8 Å². The van der Waals surface area contributed by atoms with Gasteiger partial charge in [0.15, 0.2) is 11.5 Å². The van der Waals surface area contributed by atoms with Crippen molar-refractivity contribution in [1.29, 1.82) is 5.26 Å². The van der Waals surface area contributed by atoms with Crippen LogP contribution in [0.15, 0.2) is 40.4 Å². The lowest BCUT2D eigenvalue weighted by atomic mass is 10.1. The van der Waals surface area contributed by atoms with Gasteiger partial charge in [-0.25, -0.2) is 0 Å². The minimum absolute atomic E-state index is 0.00628. The van der Waals surface area contributed by atoms with E-state index in [4.69, 9.17) is 9.47 Å². The molecule has 0 aromatic heterocycles. The fraction of sp³-hybridized carbons (Fsp3) is 0.273. The Morgan fingerprint density at radius 2 is 1.79 bits per heavy atom. The van der Waals surface area contributed by atoms with E-state index < -0.39 is 5.91 Å². The van der Waals surface area contributed by atoms with E-state index in [9.17, 15) is 10.1 Å². The first-order chi connectivity index (χ1) is 13.4. The summed E-state index contributed by atoms with van der Waals surface area (Å²) < 4.78 is 11.9. The van der Waals surface area contributed by atoms with Crippen molar-refractivity contribution in [2.45, 2.75) is 27.7 Å². The maximum atomic E-state index is 12.6. The summed E-state index contributed by atoms with van der Waals surface area (Å²) in [7, 11) is 0. The van der Waals surface area contributed by atoms with E-state index in [1.165, 1.54) is 6.08 Å². The Hall–Kier alpha value is -2.78. The minimum atomic E-state index is -0.463. The van der Waals surface area contributed by atoms with Crippen LogP contribution in [-0.4, -0.2) is 19.1 Å². The molecule has 0 saturated carbocycles. The average Bonchev–Trinajstić information content (AvgIpc) is 2.66. The van der Waals surface area contributed by atoms with Gasteiger partial charge in [-0.3, -0.25) is 4.79 Å². The number of benzene rings is 2. The molecule has 5 nitrogen and oxygen atoms in total. The number of ether oxygens (including phenoxy) is 2. The average molecular weight is 443 g/mol. The summed E-state index contributed by atoms with van der Waals surface area (Å²) in [5.74, 6) is 0.702. The molecule has 0 radical (unpaired) electrons. The van der Waals surface area contributed by atoms with Crippen molar-refractivity contribution in [3.8, 4) is 17.6 Å². The Kier molecular flexibility index (Phi) is 7.65. The van der Waals surface area contributed by atoms with Crippen LogP contribution in [0.3, 0.4) is 0 Å². The minimum Gasteiger partial charge on any atom is -0.490 e. The topological polar surface area (TPSA) is 71.3 Å². The van der Waals surface area contributed by atoms with Crippen molar-refractivity contribution >= 4 is 33.6 Å². The third kappa shape index (κ3) is 5.37. The molecule has 1 N–H and O–H groups in total. The van der Waals surface area contributed by atoms with Crippen LogP contribution in [-0.2, 0) is 4.79 Å². The van der Waals surface area contributed by atoms with Crippen molar-refractivity contribution in [3.05, 3.63) is 57.1 Å². The maximum absolute atomic E-state index is 12.6. The van der Waals surface area contributed by atoms with E-state index in [0.717, 1.165) is 11.1 Å². The Balaban J connectivity index is 2.37. The molecule has 0 aliphatic rings. The zero-order valence-electron chi connectivity index (χ0n) is 16.4. The molecule has 146 valence electrons. The van der Waals surface area contributed by atoms with Crippen molar-refractivity contribution < 1.29 is 14.3 Å². The lowest BCUT2D eigenvalue weighted by Gasteiger charge is -2.13. The van der Waals surface area contributed by atoms with Gasteiger partial charge < -0.3 is 14.8 Å². The molecular weight excluding hydrogens is 420 g/mol. The van der Waals surface area contributed by atoms with Crippen molar-refractivity contribution in [2.24, 2.45) is 0 Å². The van der Waals surface area contributed by atoms with Gasteiger partial charge >= 0.3 is 0 Å². The molecule has 0 bridgehead atoms. The summed E-state index contributed by atoms with van der Waals surface area (Å²) in [6.45, 7) is 8.60. The second-order valence-corrected chi connectivity index (χ2v) is 6.98. The van der Waals surface area contributed by atoms with Crippen molar-refractivity contribution in [1.82, 2.24) is 0 Å². The van der Waals surface area contributed by atoms with Gasteiger partial charge in [0.05, 0.1) is 13.2 Å². The highest BCUT2D eigenvalue weighted by atomic mass is 79.9. The van der Waals surface area contributed by atoms with Crippen LogP contribution in [0.5, 0.6) is 11.5 Å². The summed E-state index contributed by atoms with van der Waals surface area (Å²) in [5, 5.41) is 12.3. The molecule has 2 aromatic rings. The molecule has 0 heterocycles. The van der Waals surface area contributed by atoms with Crippen LogP contribution in [0, 0.1) is 25.2 Å². The monoisotopic (exact) mass is 442 g/mol. The van der Waals surface area contributed by atoms with E-state index in [1.54, 1.807) is 12.1 Å². The fourth-order valence-corrected chi connectivity index (χ4v) is 3.00. The predicted molar refractivity (Wildman–Crippen MR) is 115 cm³/mol. The van der Waals surface area contributed by atoms with E-state index >= 15 is 0 Å². The van der Waals surface area contributed by atoms with Gasteiger partial charge in [-0.15, -0.1) is 0 Å². The fourth-order valence-electron chi connectivity index (χ4n) is 2.56. The van der Waals surface area contributed by atoms with Gasteiger partial charge in [0.25, 0.3) is 5.91 Å². The number of anilines is 1. The second kappa shape index (κ2) is 9.95. The molecule has 0 aliphatic carbocycles. The van der Waals surface area contributed by atoms with Crippen LogP contribution >= 0.6 is 15.9 Å². The third-order valence-corrected chi connectivity index (χ3v) is 4.66. The van der Waals surface area contributed by atoms with Crippen LogP contribution in [0.2, 0.25) is 0 Å². The quantitative estimate of drug-likeness (QED) is 0.459. The second-order valence-electron chi connectivity index (χ2n) is 6.13. The van der Waals surface area contributed by atoms with E-state index in [1.807, 2.05) is 52.0 Å². The van der Waals surface area contributed by atoms with Gasteiger partial charge in [-0.05, 0) is 68.7 Å². The Morgan fingerprint density at radius 1 is 1.14 bits per heavy atom. The first-order valence-corrected chi connectivity index (χ1v) is 9.78. The molecule has 0 unspecified atom stereocenters. The Morgan fingerprint density at radius 3 is 2.39 bits per heavy atom. The number of nitrogens with one attached hydrogen (secondary N) is 1. The molecule has 6 heteroatoms. The van der Waals surface area contributed by atoms with Crippen molar-refractivity contribution in [2.75, 3.05) is 18.5 Å². The molecule has 0 spiro atoms. The number of rotatable bonds is 7. The predicted octanol–water partition coefficient (Wildman–Crippen LogP) is 5.41. The van der Waals surface area contributed by atoms with Crippen LogP contribution in [0.4, 0.5) is 5.69 Å². The van der Waals surface area contributed by atoms with Gasteiger partial charge in [-0.1, -0.05) is 28.1 Å². The van der Waals surface area contributed by atoms with Gasteiger partial charge in [0, 0.05) is 10.2 Å². The lowest BCUT2D eigenvalue weighted by molar-refractivity contribution is -0.112. The molecule has 2 rings (SSSR count). The van der Waals surface area contributed by atoms with Gasteiger partial charge in [0.1, 0.15) is 11.6 Å². The maximum Gasteiger partial charge on any atom is 0.266 e. The number of aryl methyl sites for hydroxylation is 2. The number of hydrogen-bond donors (Lipinski definition) is 1. The summed E-state index contributed by atoms with van der Waals surface area (Å²) in [4.78, 5) is 12.6. The molecule has 0 saturated heterocycles. The van der Waals surface area contributed by atoms with Crippen LogP contribution in [0.1, 0.15) is 30.5 Å².